The predicted molar refractivity (Wildman–Crippen MR) is 69.1 cm³/mol. The Hall–Kier alpha value is -2.49. The van der Waals surface area contributed by atoms with E-state index in [1.165, 1.54) is 12.1 Å². The van der Waals surface area contributed by atoms with Crippen molar-refractivity contribution >= 4 is 6.41 Å². The number of amides is 1. The fraction of sp³-hybridized carbons (Fsp3) is 0.0714. The molecule has 94 valence electrons. The first-order chi connectivity index (χ1) is 8.74. The normalized spacial score (nSPS) is 8.89. The van der Waals surface area contributed by atoms with Crippen molar-refractivity contribution in [3.8, 4) is 11.5 Å². The first-order valence-electron chi connectivity index (χ1n) is 5.42. The number of phenols is 2. The highest BCUT2D eigenvalue weighted by molar-refractivity contribution is 5.46. The Morgan fingerprint density at radius 3 is 1.83 bits per heavy atom. The average Bonchev–Trinajstić information content (AvgIpc) is 2.42. The maximum absolute atomic E-state index is 9.87. The molecule has 0 aromatic heterocycles. The van der Waals surface area contributed by atoms with Crippen molar-refractivity contribution in [2.75, 3.05) is 0 Å². The molecule has 0 saturated heterocycles. The van der Waals surface area contributed by atoms with Gasteiger partial charge < -0.3 is 15.5 Å². The maximum Gasteiger partial charge on any atom is 0.207 e. The standard InChI is InChI=1S/C8H9NO.C6H6O2/c10-7-9-6-8-4-2-1-3-5-8;7-5-3-1-2-4-6(5)8/h1-5,7H,6H2,(H,9,10);1-4,7-8H. The van der Waals surface area contributed by atoms with Crippen molar-refractivity contribution in [2.45, 2.75) is 6.54 Å². The van der Waals surface area contributed by atoms with E-state index in [-0.39, 0.29) is 11.5 Å². The second-order valence-electron chi connectivity index (χ2n) is 3.47. The van der Waals surface area contributed by atoms with Gasteiger partial charge in [0.15, 0.2) is 11.5 Å². The van der Waals surface area contributed by atoms with Crippen molar-refractivity contribution in [1.29, 1.82) is 0 Å². The average molecular weight is 245 g/mol. The summed E-state index contributed by atoms with van der Waals surface area (Å²) in [5, 5.41) is 19.9. The van der Waals surface area contributed by atoms with E-state index in [2.05, 4.69) is 5.32 Å². The van der Waals surface area contributed by atoms with E-state index in [9.17, 15) is 4.79 Å². The summed E-state index contributed by atoms with van der Waals surface area (Å²) < 4.78 is 0. The molecular formula is C14H15NO3. The van der Waals surface area contributed by atoms with Crippen molar-refractivity contribution in [3.05, 3.63) is 60.2 Å². The minimum atomic E-state index is -0.0764. The van der Waals surface area contributed by atoms with Gasteiger partial charge in [0.05, 0.1) is 0 Å². The Morgan fingerprint density at radius 2 is 1.39 bits per heavy atom. The molecule has 0 bridgehead atoms. The van der Waals surface area contributed by atoms with Crippen LogP contribution in [0.2, 0.25) is 0 Å². The van der Waals surface area contributed by atoms with Crippen LogP contribution in [0.5, 0.6) is 11.5 Å². The number of aromatic hydroxyl groups is 2. The molecule has 0 heterocycles. The van der Waals surface area contributed by atoms with Crippen LogP contribution >= 0.6 is 0 Å². The minimum absolute atomic E-state index is 0.0764. The molecule has 0 atom stereocenters. The maximum atomic E-state index is 9.87. The summed E-state index contributed by atoms with van der Waals surface area (Å²) in [6.45, 7) is 0.615. The van der Waals surface area contributed by atoms with Crippen LogP contribution in [-0.4, -0.2) is 16.6 Å². The number of hydrogen-bond donors (Lipinski definition) is 3. The first-order valence-corrected chi connectivity index (χ1v) is 5.42. The van der Waals surface area contributed by atoms with Gasteiger partial charge in [0.2, 0.25) is 6.41 Å². The Balaban J connectivity index is 0.000000184. The third kappa shape index (κ3) is 5.03. The van der Waals surface area contributed by atoms with Crippen LogP contribution in [0.1, 0.15) is 5.56 Å². The van der Waals surface area contributed by atoms with Crippen molar-refractivity contribution < 1.29 is 15.0 Å². The van der Waals surface area contributed by atoms with Gasteiger partial charge in [-0.15, -0.1) is 0 Å². The quantitative estimate of drug-likeness (QED) is 0.572. The van der Waals surface area contributed by atoms with Crippen LogP contribution in [0, 0.1) is 0 Å². The molecule has 4 heteroatoms. The third-order valence-corrected chi connectivity index (χ3v) is 2.11. The Kier molecular flexibility index (Phi) is 5.83. The first kappa shape index (κ1) is 13.6. The molecule has 1 amide bonds. The highest BCUT2D eigenvalue weighted by atomic mass is 16.3. The summed E-state index contributed by atoms with van der Waals surface area (Å²) in [7, 11) is 0. The van der Waals surface area contributed by atoms with Gasteiger partial charge in [0.1, 0.15) is 0 Å². The van der Waals surface area contributed by atoms with Gasteiger partial charge in [0.25, 0.3) is 0 Å². The van der Waals surface area contributed by atoms with Gasteiger partial charge in [-0.25, -0.2) is 0 Å². The number of phenolic OH excluding ortho intramolecular Hbond substituents is 2. The molecule has 0 aliphatic rings. The second-order valence-corrected chi connectivity index (χ2v) is 3.47. The predicted octanol–water partition coefficient (Wildman–Crippen LogP) is 2.03. The van der Waals surface area contributed by atoms with Crippen LogP contribution in [0.3, 0.4) is 0 Å². The molecular weight excluding hydrogens is 230 g/mol. The number of rotatable bonds is 3. The molecule has 2 rings (SSSR count). The molecule has 0 aliphatic heterocycles. The zero-order chi connectivity index (χ0) is 13.2. The van der Waals surface area contributed by atoms with Gasteiger partial charge >= 0.3 is 0 Å². The fourth-order valence-electron chi connectivity index (χ4n) is 1.22. The van der Waals surface area contributed by atoms with E-state index in [4.69, 9.17) is 10.2 Å². The SMILES string of the molecule is O=CNCc1ccccc1.Oc1ccccc1O. The van der Waals surface area contributed by atoms with Gasteiger partial charge in [-0.05, 0) is 17.7 Å². The fourth-order valence-corrected chi connectivity index (χ4v) is 1.22. The summed E-state index contributed by atoms with van der Waals surface area (Å²) in [6.07, 6.45) is 0.701. The van der Waals surface area contributed by atoms with Gasteiger partial charge in [-0.3, -0.25) is 4.79 Å². The van der Waals surface area contributed by atoms with Crippen LogP contribution in [0.15, 0.2) is 54.6 Å². The molecule has 18 heavy (non-hydrogen) atoms. The molecule has 3 N–H and O–H groups in total. The number of carbonyl (C=O) groups is 1. The van der Waals surface area contributed by atoms with E-state index in [1.807, 2.05) is 30.3 Å². The lowest BCUT2D eigenvalue weighted by Crippen LogP contribution is -2.09. The van der Waals surface area contributed by atoms with E-state index >= 15 is 0 Å². The highest BCUT2D eigenvalue weighted by Gasteiger charge is 1.90. The van der Waals surface area contributed by atoms with Crippen LogP contribution in [0.25, 0.3) is 0 Å². The second kappa shape index (κ2) is 7.73. The van der Waals surface area contributed by atoms with E-state index in [1.54, 1.807) is 12.1 Å². The molecule has 0 fully saturated rings. The number of benzene rings is 2. The Labute approximate surface area is 106 Å². The Morgan fingerprint density at radius 1 is 0.889 bits per heavy atom. The number of hydrogen-bond acceptors (Lipinski definition) is 3. The zero-order valence-electron chi connectivity index (χ0n) is 9.78. The summed E-state index contributed by atoms with van der Waals surface area (Å²) in [6, 6.07) is 15.9. The molecule has 4 nitrogen and oxygen atoms in total. The molecule has 0 spiro atoms. The summed E-state index contributed by atoms with van der Waals surface area (Å²) >= 11 is 0. The zero-order valence-corrected chi connectivity index (χ0v) is 9.78. The van der Waals surface area contributed by atoms with Crippen LogP contribution < -0.4 is 5.32 Å². The van der Waals surface area contributed by atoms with Crippen LogP contribution in [0.4, 0.5) is 0 Å². The van der Waals surface area contributed by atoms with Crippen molar-refractivity contribution in [3.63, 3.8) is 0 Å². The highest BCUT2D eigenvalue weighted by Crippen LogP contribution is 2.21. The molecule has 0 aliphatic carbocycles. The topological polar surface area (TPSA) is 69.6 Å². The Bertz CT molecular complexity index is 450. The van der Waals surface area contributed by atoms with Gasteiger partial charge in [-0.2, -0.15) is 0 Å². The molecule has 0 saturated carbocycles. The molecule has 0 radical (unpaired) electrons. The van der Waals surface area contributed by atoms with Gasteiger partial charge in [-0.1, -0.05) is 42.5 Å². The van der Waals surface area contributed by atoms with E-state index < -0.39 is 0 Å². The summed E-state index contributed by atoms with van der Waals surface area (Å²) in [5.41, 5.74) is 1.12. The smallest absolute Gasteiger partial charge is 0.207 e. The van der Waals surface area contributed by atoms with Crippen molar-refractivity contribution in [1.82, 2.24) is 5.32 Å². The molecule has 2 aromatic rings. The summed E-state index contributed by atoms with van der Waals surface area (Å²) in [4.78, 5) is 9.87. The number of carbonyl (C=O) groups excluding carboxylic acids is 1. The largest absolute Gasteiger partial charge is 0.504 e. The lowest BCUT2D eigenvalue weighted by Gasteiger charge is -1.96. The van der Waals surface area contributed by atoms with E-state index in [0.29, 0.717) is 13.0 Å². The van der Waals surface area contributed by atoms with Crippen molar-refractivity contribution in [2.24, 2.45) is 0 Å². The lowest BCUT2D eigenvalue weighted by atomic mass is 10.2. The molecule has 0 unspecified atom stereocenters. The molecule has 2 aromatic carbocycles. The number of nitrogens with one attached hydrogen (secondary N) is 1. The van der Waals surface area contributed by atoms with Crippen LogP contribution in [-0.2, 0) is 11.3 Å². The lowest BCUT2D eigenvalue weighted by molar-refractivity contribution is -0.109. The van der Waals surface area contributed by atoms with E-state index in [0.717, 1.165) is 5.56 Å². The summed E-state index contributed by atoms with van der Waals surface area (Å²) in [5.74, 6) is -0.153. The monoisotopic (exact) mass is 245 g/mol. The minimum Gasteiger partial charge on any atom is -0.504 e. The van der Waals surface area contributed by atoms with Gasteiger partial charge in [0, 0.05) is 6.54 Å². The third-order valence-electron chi connectivity index (χ3n) is 2.11. The number of para-hydroxylation sites is 2.